The number of hydrogen-bond donors (Lipinski definition) is 4. The maximum absolute atomic E-state index is 10.5. The third-order valence-corrected chi connectivity index (χ3v) is 4.51. The third-order valence-electron chi connectivity index (χ3n) is 3.03. The largest absolute Gasteiger partial charge is 0.496 e. The van der Waals surface area contributed by atoms with Gasteiger partial charge < -0.3 is 10.5 Å². The van der Waals surface area contributed by atoms with Crippen LogP contribution in [0, 0.1) is 12.3 Å². The Morgan fingerprint density at radius 2 is 1.89 bits per heavy atom. The number of methoxy groups -OCH3 is 1. The summed E-state index contributed by atoms with van der Waals surface area (Å²) in [6.45, 7) is 1.84. The van der Waals surface area contributed by atoms with E-state index in [1.807, 2.05) is 6.92 Å². The Bertz CT molecular complexity index is 917. The second kappa shape index (κ2) is 10.0. The van der Waals surface area contributed by atoms with Crippen molar-refractivity contribution in [2.45, 2.75) is 11.8 Å². The summed E-state index contributed by atoms with van der Waals surface area (Å²) in [4.78, 5) is -0.0666. The van der Waals surface area contributed by atoms with Crippen molar-refractivity contribution in [2.24, 2.45) is 10.8 Å². The fourth-order valence-electron chi connectivity index (χ4n) is 1.66. The quantitative estimate of drug-likeness (QED) is 0.238. The van der Waals surface area contributed by atoms with Crippen molar-refractivity contribution in [1.82, 2.24) is 5.17 Å². The van der Waals surface area contributed by atoms with Crippen molar-refractivity contribution < 1.29 is 22.9 Å². The molecule has 2 aromatic rings. The van der Waals surface area contributed by atoms with Gasteiger partial charge in [-0.05, 0) is 58.7 Å². The number of hydrazone groups is 1. The number of nitrogens with one attached hydrogen (secondary N) is 1. The first kappa shape index (κ1) is 22.6. The highest BCUT2D eigenvalue weighted by molar-refractivity contribution is 9.10. The van der Waals surface area contributed by atoms with Gasteiger partial charge in [-0.3, -0.25) is 15.2 Å². The second-order valence-electron chi connectivity index (χ2n) is 5.10. The molecule has 27 heavy (non-hydrogen) atoms. The molecule has 0 unspecified atom stereocenters. The minimum absolute atomic E-state index is 0.0666. The predicted octanol–water partition coefficient (Wildman–Crippen LogP) is 2.62. The van der Waals surface area contributed by atoms with Crippen molar-refractivity contribution in [3.63, 3.8) is 0 Å². The van der Waals surface area contributed by atoms with E-state index >= 15 is 0 Å². The lowest BCUT2D eigenvalue weighted by Crippen LogP contribution is -2.28. The van der Waals surface area contributed by atoms with Crippen LogP contribution in [0.4, 0.5) is 0 Å². The zero-order chi connectivity index (χ0) is 20.6. The number of nitrogens with two attached hydrogens (primary N) is 1. The smallest absolute Gasteiger partial charge is 0.294 e. The molecule has 5 N–H and O–H groups in total. The average Bonchev–Trinajstić information content (AvgIpc) is 2.59. The lowest BCUT2D eigenvalue weighted by Gasteiger charge is -2.06. The molecule has 0 heterocycles. The van der Waals surface area contributed by atoms with Crippen LogP contribution in [-0.4, -0.2) is 42.6 Å². The third kappa shape index (κ3) is 7.74. The van der Waals surface area contributed by atoms with E-state index < -0.39 is 16.1 Å². The van der Waals surface area contributed by atoms with Crippen molar-refractivity contribution >= 4 is 38.2 Å². The number of rotatable bonds is 4. The van der Waals surface area contributed by atoms with Gasteiger partial charge in [-0.2, -0.15) is 13.5 Å². The number of ether oxygens (including phenoxy) is 1. The summed E-state index contributed by atoms with van der Waals surface area (Å²) in [7, 11) is -2.45. The summed E-state index contributed by atoms with van der Waals surface area (Å²) in [6, 6.07) is 11.2. The Morgan fingerprint density at radius 1 is 1.30 bits per heavy atom. The first-order valence-electron chi connectivity index (χ1n) is 7.29. The van der Waals surface area contributed by atoms with E-state index in [4.69, 9.17) is 25.6 Å². The van der Waals surface area contributed by atoms with Crippen molar-refractivity contribution in [3.05, 3.63) is 58.1 Å². The number of benzene rings is 2. The van der Waals surface area contributed by atoms with Crippen LogP contribution in [0.25, 0.3) is 0 Å². The Kier molecular flexibility index (Phi) is 8.37. The molecule has 0 fully saturated rings. The summed E-state index contributed by atoms with van der Waals surface area (Å²) in [6.07, 6.45) is 1.37. The van der Waals surface area contributed by atoms with Gasteiger partial charge in [0.1, 0.15) is 5.75 Å². The molecule has 0 atom stereocenters. The van der Waals surface area contributed by atoms with Gasteiger partial charge in [0.2, 0.25) is 5.96 Å². The predicted molar refractivity (Wildman–Crippen MR) is 105 cm³/mol. The number of aryl methyl sites for hydroxylation is 1. The van der Waals surface area contributed by atoms with Gasteiger partial charge in [0.25, 0.3) is 10.1 Å². The number of hydroxylamine groups is 1. The van der Waals surface area contributed by atoms with E-state index in [0.717, 1.165) is 15.6 Å². The van der Waals surface area contributed by atoms with Crippen LogP contribution in [0.3, 0.4) is 0 Å². The van der Waals surface area contributed by atoms with E-state index in [9.17, 15) is 8.42 Å². The molecule has 2 aromatic carbocycles. The zero-order valence-corrected chi connectivity index (χ0v) is 16.9. The molecule has 0 aliphatic rings. The normalized spacial score (nSPS) is 10.9. The van der Waals surface area contributed by atoms with E-state index in [2.05, 4.69) is 21.0 Å². The monoisotopic (exact) mass is 458 g/mol. The minimum atomic E-state index is -4.02. The van der Waals surface area contributed by atoms with Gasteiger partial charge in [-0.15, -0.1) is 5.17 Å². The summed E-state index contributed by atoms with van der Waals surface area (Å²) in [5.74, 6) is 0.147. The average molecular weight is 459 g/mol. The lowest BCUT2D eigenvalue weighted by atomic mass is 10.2. The molecule has 0 spiro atoms. The molecule has 0 bridgehead atoms. The molecule has 2 rings (SSSR count). The molecule has 0 saturated heterocycles. The highest BCUT2D eigenvalue weighted by Crippen LogP contribution is 2.24. The Labute approximate surface area is 165 Å². The Hall–Kier alpha value is -2.47. The van der Waals surface area contributed by atoms with Gasteiger partial charge in [0, 0.05) is 0 Å². The van der Waals surface area contributed by atoms with Crippen LogP contribution in [-0.2, 0) is 10.1 Å². The van der Waals surface area contributed by atoms with E-state index in [-0.39, 0.29) is 10.1 Å². The van der Waals surface area contributed by atoms with Crippen molar-refractivity contribution in [1.29, 1.82) is 5.41 Å². The fraction of sp³-hybridized carbons (Fsp3) is 0.125. The molecule has 0 aliphatic heterocycles. The standard InChI is InChI=1S/C9H11BrN4O2.C7H8O3S/c1-16-8-3-2-6(4-7(8)10)5-13-14(15)9(11)12;1-6-2-4-7(5-3-6)11(8,9)10/h2-5,15H,1H3,(H3,11,12);2-5H,1H3,(H,8,9,10). The second-order valence-corrected chi connectivity index (χ2v) is 7.38. The first-order valence-corrected chi connectivity index (χ1v) is 9.52. The zero-order valence-electron chi connectivity index (χ0n) is 14.5. The fourth-order valence-corrected chi connectivity index (χ4v) is 2.70. The highest BCUT2D eigenvalue weighted by atomic mass is 79.9. The van der Waals surface area contributed by atoms with Gasteiger partial charge in [-0.25, -0.2) is 0 Å². The summed E-state index contributed by atoms with van der Waals surface area (Å²) in [5.41, 5.74) is 6.68. The molecular weight excluding hydrogens is 440 g/mol. The molecule has 146 valence electrons. The number of guanidine groups is 1. The van der Waals surface area contributed by atoms with E-state index in [0.29, 0.717) is 5.75 Å². The van der Waals surface area contributed by atoms with Crippen LogP contribution in [0.2, 0.25) is 0 Å². The summed E-state index contributed by atoms with van der Waals surface area (Å²) >= 11 is 3.31. The number of hydrogen-bond acceptors (Lipinski definition) is 6. The Morgan fingerprint density at radius 3 is 2.33 bits per heavy atom. The molecule has 0 saturated carbocycles. The van der Waals surface area contributed by atoms with Crippen molar-refractivity contribution in [2.75, 3.05) is 7.11 Å². The molecule has 0 radical (unpaired) electrons. The van der Waals surface area contributed by atoms with Crippen LogP contribution in [0.15, 0.2) is 56.9 Å². The molecule has 11 heteroatoms. The number of nitrogens with zero attached hydrogens (tertiary/aromatic N) is 2. The van der Waals surface area contributed by atoms with Crippen molar-refractivity contribution in [3.8, 4) is 5.75 Å². The topological polar surface area (TPSA) is 149 Å². The van der Waals surface area contributed by atoms with Crippen LogP contribution in [0.1, 0.15) is 11.1 Å². The summed E-state index contributed by atoms with van der Waals surface area (Å²) in [5, 5.41) is 19.7. The molecule has 0 aromatic heterocycles. The van der Waals surface area contributed by atoms with Gasteiger partial charge in [0.15, 0.2) is 0 Å². The van der Waals surface area contributed by atoms with Crippen LogP contribution >= 0.6 is 15.9 Å². The molecule has 0 aliphatic carbocycles. The highest BCUT2D eigenvalue weighted by Gasteiger charge is 2.06. The Balaban J connectivity index is 0.000000289. The van der Waals surface area contributed by atoms with E-state index in [1.54, 1.807) is 37.4 Å². The van der Waals surface area contributed by atoms with Gasteiger partial charge in [0.05, 0.1) is 22.7 Å². The van der Waals surface area contributed by atoms with Gasteiger partial charge in [-0.1, -0.05) is 17.7 Å². The van der Waals surface area contributed by atoms with Crippen LogP contribution in [0.5, 0.6) is 5.75 Å². The minimum Gasteiger partial charge on any atom is -0.496 e. The lowest BCUT2D eigenvalue weighted by molar-refractivity contribution is -0.0139. The summed E-state index contributed by atoms with van der Waals surface area (Å²) < 4.78 is 35.4. The van der Waals surface area contributed by atoms with Crippen LogP contribution < -0.4 is 10.5 Å². The first-order chi connectivity index (χ1) is 12.5. The van der Waals surface area contributed by atoms with E-state index in [1.165, 1.54) is 18.3 Å². The molecular formula is C16H19BrN4O5S. The van der Waals surface area contributed by atoms with Gasteiger partial charge >= 0.3 is 0 Å². The molecule has 0 amide bonds. The SMILES string of the molecule is COc1ccc(C=NN(O)C(=N)N)cc1Br.Cc1ccc(S(=O)(=O)O)cc1. The maximum atomic E-state index is 10.5. The number of halogens is 1. The molecule has 9 nitrogen and oxygen atoms in total. The maximum Gasteiger partial charge on any atom is 0.294 e.